The van der Waals surface area contributed by atoms with Crippen molar-refractivity contribution in [3.63, 3.8) is 0 Å². The first-order valence-electron chi connectivity index (χ1n) is 8.99. The average Bonchev–Trinajstić information content (AvgIpc) is 2.74. The van der Waals surface area contributed by atoms with Crippen molar-refractivity contribution in [1.82, 2.24) is 4.90 Å². The minimum absolute atomic E-state index is 0.0129. The van der Waals surface area contributed by atoms with Crippen LogP contribution in [-0.2, 0) is 20.4 Å². The van der Waals surface area contributed by atoms with Crippen molar-refractivity contribution in [2.24, 2.45) is 0 Å². The van der Waals surface area contributed by atoms with Crippen LogP contribution in [0.2, 0.25) is 5.02 Å². The van der Waals surface area contributed by atoms with Gasteiger partial charge < -0.3 is 10.1 Å². The molecule has 2 aromatic rings. The highest BCUT2D eigenvalue weighted by molar-refractivity contribution is 7.90. The number of amides is 1. The number of likely N-dealkylation sites (tertiary alicyclic amines) is 1. The van der Waals surface area contributed by atoms with Crippen LogP contribution in [0.5, 0.6) is 0 Å². The molecule has 1 fully saturated rings. The Morgan fingerprint density at radius 3 is 2.61 bits per heavy atom. The van der Waals surface area contributed by atoms with Gasteiger partial charge in [0.25, 0.3) is 0 Å². The van der Waals surface area contributed by atoms with E-state index in [1.165, 1.54) is 19.2 Å². The van der Waals surface area contributed by atoms with Gasteiger partial charge in [0.1, 0.15) is 0 Å². The van der Waals surface area contributed by atoms with Crippen LogP contribution in [0.1, 0.15) is 36.6 Å². The van der Waals surface area contributed by atoms with Crippen molar-refractivity contribution in [1.29, 1.82) is 0 Å². The lowest BCUT2D eigenvalue weighted by molar-refractivity contribution is -0.608. The molecule has 0 aliphatic carbocycles. The van der Waals surface area contributed by atoms with Crippen molar-refractivity contribution in [2.45, 2.75) is 30.4 Å². The third-order valence-corrected chi connectivity index (χ3v) is 7.27. The van der Waals surface area contributed by atoms with Gasteiger partial charge in [-0.15, -0.1) is 0 Å². The number of nitrogens with zero attached hydrogens (tertiary/aromatic N) is 2. The van der Waals surface area contributed by atoms with Gasteiger partial charge in [0.15, 0.2) is 16.0 Å². The highest BCUT2D eigenvalue weighted by atomic mass is 35.5. The van der Waals surface area contributed by atoms with E-state index < -0.39 is 9.84 Å². The molecule has 3 heterocycles. The molecule has 1 saturated heterocycles. The third-order valence-electron chi connectivity index (χ3n) is 5.34. The molecule has 0 bridgehead atoms. The quantitative estimate of drug-likeness (QED) is 0.486. The fourth-order valence-corrected chi connectivity index (χ4v) is 5.84. The van der Waals surface area contributed by atoms with Crippen LogP contribution in [0.15, 0.2) is 47.0 Å². The molecule has 0 radical (unpaired) electrons. The third kappa shape index (κ3) is 3.18. The lowest BCUT2D eigenvalue weighted by Gasteiger charge is -2.29. The second-order valence-corrected chi connectivity index (χ2v) is 9.49. The largest absolute Gasteiger partial charge is 0.618 e. The van der Waals surface area contributed by atoms with Crippen LogP contribution in [0, 0.1) is 5.21 Å². The van der Waals surface area contributed by atoms with Gasteiger partial charge >= 0.3 is 0 Å². The number of fused-ring (bicyclic) bond motifs is 2. The van der Waals surface area contributed by atoms with Crippen LogP contribution < -0.4 is 4.73 Å². The molecule has 4 rings (SSSR count). The summed E-state index contributed by atoms with van der Waals surface area (Å²) in [6, 6.07) is 8.02. The number of hydrogen-bond donors (Lipinski definition) is 0. The maximum absolute atomic E-state index is 13.0. The molecule has 1 amide bonds. The second-order valence-electron chi connectivity index (χ2n) is 7.09. The molecule has 2 aliphatic heterocycles. The topological polar surface area (TPSA) is 81.4 Å². The standard InChI is InChI=1S/C20H19ClN2O4S/c1-13(24)22-9-6-14(7-10-22)19-17-5-4-16(21)11-18(17)28(26,27)12-15-3-2-8-23(25)20(15)19/h2-5,8,11H,6-7,9-10,12H2,1H3. The fraction of sp³-hybridized carbons (Fsp3) is 0.300. The molecule has 28 heavy (non-hydrogen) atoms. The van der Waals surface area contributed by atoms with Gasteiger partial charge in [0, 0.05) is 42.2 Å². The average molecular weight is 419 g/mol. The molecule has 6 nitrogen and oxygen atoms in total. The lowest BCUT2D eigenvalue weighted by atomic mass is 9.89. The minimum Gasteiger partial charge on any atom is -0.618 e. The van der Waals surface area contributed by atoms with Crippen LogP contribution in [0.3, 0.4) is 0 Å². The van der Waals surface area contributed by atoms with Crippen molar-refractivity contribution < 1.29 is 17.9 Å². The molecular weight excluding hydrogens is 400 g/mol. The Balaban J connectivity index is 2.01. The zero-order valence-corrected chi connectivity index (χ0v) is 16.9. The smallest absolute Gasteiger partial charge is 0.228 e. The van der Waals surface area contributed by atoms with Gasteiger partial charge in [-0.1, -0.05) is 23.2 Å². The number of benzene rings is 1. The van der Waals surface area contributed by atoms with E-state index in [0.29, 0.717) is 53.3 Å². The number of halogens is 1. The predicted octanol–water partition coefficient (Wildman–Crippen LogP) is 2.70. The molecule has 8 heteroatoms. The van der Waals surface area contributed by atoms with E-state index >= 15 is 0 Å². The molecule has 1 aromatic heterocycles. The monoisotopic (exact) mass is 418 g/mol. The molecule has 146 valence electrons. The number of carbonyl (C=O) groups excluding carboxylic acids is 1. The molecule has 2 aliphatic rings. The number of rotatable bonds is 0. The Bertz CT molecular complexity index is 1120. The summed E-state index contributed by atoms with van der Waals surface area (Å²) in [5.41, 5.74) is 2.99. The Morgan fingerprint density at radius 2 is 1.93 bits per heavy atom. The highest BCUT2D eigenvalue weighted by Crippen LogP contribution is 2.40. The molecule has 0 unspecified atom stereocenters. The van der Waals surface area contributed by atoms with Crippen LogP contribution in [-0.4, -0.2) is 32.3 Å². The van der Waals surface area contributed by atoms with Gasteiger partial charge in [-0.05, 0) is 31.0 Å². The van der Waals surface area contributed by atoms with E-state index in [1.807, 2.05) is 0 Å². The summed E-state index contributed by atoms with van der Waals surface area (Å²) >= 11 is 6.10. The summed E-state index contributed by atoms with van der Waals surface area (Å²) in [5.74, 6) is -0.242. The normalized spacial score (nSPS) is 18.3. The Kier molecular flexibility index (Phi) is 4.67. The molecular formula is C20H19ClN2O4S. The molecule has 0 spiro atoms. The zero-order valence-electron chi connectivity index (χ0n) is 15.3. The maximum Gasteiger partial charge on any atom is 0.228 e. The van der Waals surface area contributed by atoms with Crippen molar-refractivity contribution in [3.05, 3.63) is 69.2 Å². The van der Waals surface area contributed by atoms with E-state index in [0.717, 1.165) is 10.3 Å². The molecule has 0 N–H and O–H groups in total. The summed E-state index contributed by atoms with van der Waals surface area (Å²) in [7, 11) is -3.66. The van der Waals surface area contributed by atoms with Crippen LogP contribution in [0.25, 0.3) is 5.57 Å². The van der Waals surface area contributed by atoms with Crippen molar-refractivity contribution in [2.75, 3.05) is 13.1 Å². The van der Waals surface area contributed by atoms with Gasteiger partial charge in [0.2, 0.25) is 11.6 Å². The van der Waals surface area contributed by atoms with Crippen molar-refractivity contribution >= 4 is 32.9 Å². The first-order valence-corrected chi connectivity index (χ1v) is 11.0. The Hall–Kier alpha value is -2.38. The molecule has 0 atom stereocenters. The summed E-state index contributed by atoms with van der Waals surface area (Å²) in [5, 5.41) is 13.1. The first-order chi connectivity index (χ1) is 13.3. The van der Waals surface area contributed by atoms with Gasteiger partial charge in [-0.2, -0.15) is 4.73 Å². The van der Waals surface area contributed by atoms with Crippen molar-refractivity contribution in [3.8, 4) is 0 Å². The summed E-state index contributed by atoms with van der Waals surface area (Å²) in [6.45, 7) is 2.63. The van der Waals surface area contributed by atoms with Crippen LogP contribution >= 0.6 is 11.6 Å². The molecule has 1 aromatic carbocycles. The van der Waals surface area contributed by atoms with E-state index in [9.17, 15) is 18.4 Å². The number of pyridine rings is 1. The summed E-state index contributed by atoms with van der Waals surface area (Å²) in [4.78, 5) is 13.6. The predicted molar refractivity (Wildman–Crippen MR) is 105 cm³/mol. The summed E-state index contributed by atoms with van der Waals surface area (Å²) < 4.78 is 26.8. The van der Waals surface area contributed by atoms with Gasteiger partial charge in [-0.3, -0.25) is 4.79 Å². The number of hydrogen-bond acceptors (Lipinski definition) is 4. The SMILES string of the molecule is CC(=O)N1CCC(=C2c3ccc(Cl)cc3S(=O)(=O)Cc3ccc[n+]([O-])c32)CC1. The number of aromatic nitrogens is 1. The number of piperidine rings is 1. The van der Waals surface area contributed by atoms with E-state index in [2.05, 4.69) is 0 Å². The number of sulfone groups is 1. The van der Waals surface area contributed by atoms with Crippen LogP contribution in [0.4, 0.5) is 0 Å². The zero-order chi connectivity index (χ0) is 20.1. The Morgan fingerprint density at radius 1 is 1.21 bits per heavy atom. The minimum atomic E-state index is -3.66. The maximum atomic E-state index is 13.0. The highest BCUT2D eigenvalue weighted by Gasteiger charge is 2.35. The number of carbonyl (C=O) groups is 1. The van der Waals surface area contributed by atoms with E-state index in [1.54, 1.807) is 29.2 Å². The van der Waals surface area contributed by atoms with Gasteiger partial charge in [0.05, 0.1) is 16.2 Å². The lowest BCUT2D eigenvalue weighted by Crippen LogP contribution is -2.36. The van der Waals surface area contributed by atoms with E-state index in [4.69, 9.17) is 11.6 Å². The van der Waals surface area contributed by atoms with Gasteiger partial charge in [-0.25, -0.2) is 8.42 Å². The van der Waals surface area contributed by atoms with E-state index in [-0.39, 0.29) is 16.6 Å². The Labute approximate surface area is 168 Å². The second kappa shape index (κ2) is 6.90. The molecule has 0 saturated carbocycles. The summed E-state index contributed by atoms with van der Waals surface area (Å²) in [6.07, 6.45) is 2.56. The fourth-order valence-electron chi connectivity index (χ4n) is 3.99. The first kappa shape index (κ1) is 19.0.